The number of phenolic OH excluding ortho intramolecular Hbond substituents is 1. The lowest BCUT2D eigenvalue weighted by Gasteiger charge is -2.41. The second-order valence-corrected chi connectivity index (χ2v) is 9.12. The molecule has 0 spiro atoms. The first kappa shape index (κ1) is 22.8. The summed E-state index contributed by atoms with van der Waals surface area (Å²) in [5.41, 5.74) is 5.54. The van der Waals surface area contributed by atoms with Gasteiger partial charge in [-0.15, -0.1) is 0 Å². The summed E-state index contributed by atoms with van der Waals surface area (Å²) in [6.45, 7) is 2.04. The molecule has 5 N–H and O–H groups in total. The van der Waals surface area contributed by atoms with E-state index >= 15 is 0 Å². The molecular weight excluding hydrogens is 426 g/mol. The van der Waals surface area contributed by atoms with E-state index in [1.165, 1.54) is 12.1 Å². The molecule has 0 heterocycles. The maximum absolute atomic E-state index is 13.4. The molecule has 8 nitrogen and oxygen atoms in total. The molecule has 0 aromatic heterocycles. The Bertz CT molecular complexity index is 1140. The molecule has 0 saturated heterocycles. The van der Waals surface area contributed by atoms with Gasteiger partial charge in [-0.05, 0) is 48.8 Å². The Balaban J connectivity index is 1.77. The van der Waals surface area contributed by atoms with Gasteiger partial charge >= 0.3 is 0 Å². The SMILES string of the molecule is CCCCCC(=O)c1ccc(O)c2c1CC1C[C@H]3CC(O)=C(C(N)=O)C(=O)C3C(O)=C1C2=O. The summed E-state index contributed by atoms with van der Waals surface area (Å²) in [5.74, 6) is -5.88. The fourth-order valence-electron chi connectivity index (χ4n) is 5.57. The van der Waals surface area contributed by atoms with Crippen LogP contribution in [0.25, 0.3) is 0 Å². The van der Waals surface area contributed by atoms with Gasteiger partial charge in [0.2, 0.25) is 0 Å². The highest BCUT2D eigenvalue weighted by Gasteiger charge is 2.50. The zero-order valence-electron chi connectivity index (χ0n) is 18.4. The number of phenols is 1. The number of unbranched alkanes of at least 4 members (excludes halogenated alkanes) is 2. The fourth-order valence-corrected chi connectivity index (χ4v) is 5.57. The Hall–Kier alpha value is -3.42. The van der Waals surface area contributed by atoms with Gasteiger partial charge < -0.3 is 21.1 Å². The normalized spacial score (nSPS) is 24.3. The number of amides is 1. The van der Waals surface area contributed by atoms with E-state index in [0.717, 1.165) is 19.3 Å². The van der Waals surface area contributed by atoms with Crippen LogP contribution in [-0.2, 0) is 16.0 Å². The molecule has 8 heteroatoms. The third-order valence-corrected chi connectivity index (χ3v) is 7.08. The maximum atomic E-state index is 13.4. The van der Waals surface area contributed by atoms with Crippen molar-refractivity contribution < 1.29 is 34.5 Å². The van der Waals surface area contributed by atoms with Crippen LogP contribution in [0.3, 0.4) is 0 Å². The Morgan fingerprint density at radius 2 is 1.82 bits per heavy atom. The van der Waals surface area contributed by atoms with Gasteiger partial charge in [0.15, 0.2) is 17.3 Å². The second kappa shape index (κ2) is 8.50. The summed E-state index contributed by atoms with van der Waals surface area (Å²) < 4.78 is 0. The number of hydrogen-bond acceptors (Lipinski definition) is 7. The molecule has 3 atom stereocenters. The lowest BCUT2D eigenvalue weighted by molar-refractivity contribution is -0.126. The number of primary amides is 1. The highest BCUT2D eigenvalue weighted by Crippen LogP contribution is 2.49. The molecule has 0 fully saturated rings. The van der Waals surface area contributed by atoms with Gasteiger partial charge in [-0.3, -0.25) is 19.2 Å². The number of Topliss-reactive ketones (excluding diaryl/α,β-unsaturated/α-hetero) is 3. The number of fused-ring (bicyclic) bond motifs is 3. The van der Waals surface area contributed by atoms with Crippen LogP contribution in [0.15, 0.2) is 34.8 Å². The van der Waals surface area contributed by atoms with Crippen LogP contribution in [0, 0.1) is 17.8 Å². The van der Waals surface area contributed by atoms with Crippen molar-refractivity contribution in [1.82, 2.24) is 0 Å². The summed E-state index contributed by atoms with van der Waals surface area (Å²) >= 11 is 0. The van der Waals surface area contributed by atoms with E-state index in [1.807, 2.05) is 6.92 Å². The van der Waals surface area contributed by atoms with Crippen molar-refractivity contribution in [2.75, 3.05) is 0 Å². The average molecular weight is 453 g/mol. The number of aliphatic hydroxyl groups is 2. The first-order valence-electron chi connectivity index (χ1n) is 11.3. The summed E-state index contributed by atoms with van der Waals surface area (Å²) in [5, 5.41) is 31.7. The van der Waals surface area contributed by atoms with Crippen LogP contribution in [0.2, 0.25) is 0 Å². The molecule has 1 amide bonds. The van der Waals surface area contributed by atoms with Crippen molar-refractivity contribution in [3.05, 3.63) is 51.5 Å². The van der Waals surface area contributed by atoms with E-state index in [9.17, 15) is 34.5 Å². The van der Waals surface area contributed by atoms with Crippen LogP contribution < -0.4 is 5.73 Å². The Labute approximate surface area is 190 Å². The number of aromatic hydroxyl groups is 1. The van der Waals surface area contributed by atoms with E-state index in [4.69, 9.17) is 5.73 Å². The lowest BCUT2D eigenvalue weighted by atomic mass is 9.62. The zero-order chi connectivity index (χ0) is 24.0. The summed E-state index contributed by atoms with van der Waals surface area (Å²) in [7, 11) is 0. The lowest BCUT2D eigenvalue weighted by Crippen LogP contribution is -2.43. The van der Waals surface area contributed by atoms with Crippen molar-refractivity contribution in [2.45, 2.75) is 51.9 Å². The van der Waals surface area contributed by atoms with E-state index in [0.29, 0.717) is 24.0 Å². The maximum Gasteiger partial charge on any atom is 0.255 e. The van der Waals surface area contributed by atoms with Crippen LogP contribution in [0.4, 0.5) is 0 Å². The standard InChI is InChI=1S/C25H27NO7/c1-2-3-4-5-15(27)13-6-7-16(28)20-14(13)9-11-8-12-10-17(29)21(25(26)33)24(32)19(12)22(30)18(11)23(20)31/h6-7,11-12,19,28-30H,2-5,8-10H2,1H3,(H2,26,33)/t11?,12-,19?/m0/s1. The van der Waals surface area contributed by atoms with Gasteiger partial charge in [0.1, 0.15) is 22.8 Å². The topological polar surface area (TPSA) is 155 Å². The quantitative estimate of drug-likeness (QED) is 0.293. The smallest absolute Gasteiger partial charge is 0.255 e. The molecule has 174 valence electrons. The predicted octanol–water partition coefficient (Wildman–Crippen LogP) is 3.23. The number of carbonyl (C=O) groups excluding carboxylic acids is 4. The first-order valence-corrected chi connectivity index (χ1v) is 11.3. The Morgan fingerprint density at radius 3 is 2.48 bits per heavy atom. The van der Waals surface area contributed by atoms with E-state index in [1.54, 1.807) is 0 Å². The molecular formula is C25H27NO7. The van der Waals surface area contributed by atoms with Crippen molar-refractivity contribution in [2.24, 2.45) is 23.5 Å². The molecule has 3 aliphatic carbocycles. The number of hydrogen-bond donors (Lipinski definition) is 4. The predicted molar refractivity (Wildman–Crippen MR) is 118 cm³/mol. The molecule has 33 heavy (non-hydrogen) atoms. The van der Waals surface area contributed by atoms with Gasteiger partial charge in [0, 0.05) is 24.0 Å². The number of aliphatic hydroxyl groups excluding tert-OH is 2. The number of allylic oxidation sites excluding steroid dienone is 3. The zero-order valence-corrected chi connectivity index (χ0v) is 18.4. The van der Waals surface area contributed by atoms with Crippen molar-refractivity contribution in [1.29, 1.82) is 0 Å². The van der Waals surface area contributed by atoms with Gasteiger partial charge in [0.05, 0.1) is 11.5 Å². The Morgan fingerprint density at radius 1 is 1.09 bits per heavy atom. The van der Waals surface area contributed by atoms with Crippen LogP contribution in [0.1, 0.15) is 71.7 Å². The number of rotatable bonds is 6. The van der Waals surface area contributed by atoms with E-state index in [2.05, 4.69) is 0 Å². The average Bonchev–Trinajstić information content (AvgIpc) is 2.73. The number of ketones is 3. The molecule has 1 aromatic rings. The minimum atomic E-state index is -1.15. The molecule has 0 radical (unpaired) electrons. The largest absolute Gasteiger partial charge is 0.511 e. The second-order valence-electron chi connectivity index (χ2n) is 9.12. The van der Waals surface area contributed by atoms with Crippen molar-refractivity contribution in [3.8, 4) is 5.75 Å². The number of benzene rings is 1. The number of nitrogens with two attached hydrogens (primary N) is 1. The molecule has 0 bridgehead atoms. The van der Waals surface area contributed by atoms with Gasteiger partial charge in [0.25, 0.3) is 5.91 Å². The van der Waals surface area contributed by atoms with Gasteiger partial charge in [-0.1, -0.05) is 19.8 Å². The van der Waals surface area contributed by atoms with Gasteiger partial charge in [-0.2, -0.15) is 0 Å². The molecule has 2 unspecified atom stereocenters. The minimum Gasteiger partial charge on any atom is -0.511 e. The molecule has 1 aromatic carbocycles. The fraction of sp³-hybridized carbons (Fsp3) is 0.440. The van der Waals surface area contributed by atoms with Crippen LogP contribution >= 0.6 is 0 Å². The number of carbonyl (C=O) groups is 4. The third-order valence-electron chi connectivity index (χ3n) is 7.08. The van der Waals surface area contributed by atoms with Crippen LogP contribution in [-0.4, -0.2) is 38.6 Å². The monoisotopic (exact) mass is 453 g/mol. The molecule has 4 rings (SSSR count). The minimum absolute atomic E-state index is 0.0214. The first-order chi connectivity index (χ1) is 15.7. The van der Waals surface area contributed by atoms with Crippen LogP contribution in [0.5, 0.6) is 5.75 Å². The van der Waals surface area contributed by atoms with E-state index < -0.39 is 52.3 Å². The molecule has 3 aliphatic rings. The Kier molecular flexibility index (Phi) is 5.86. The third kappa shape index (κ3) is 3.63. The van der Waals surface area contributed by atoms with Crippen molar-refractivity contribution >= 4 is 23.3 Å². The van der Waals surface area contributed by atoms with Gasteiger partial charge in [-0.25, -0.2) is 0 Å². The summed E-state index contributed by atoms with van der Waals surface area (Å²) in [4.78, 5) is 50.8. The summed E-state index contributed by atoms with van der Waals surface area (Å²) in [6, 6.07) is 2.85. The summed E-state index contributed by atoms with van der Waals surface area (Å²) in [6.07, 6.45) is 3.47. The highest BCUT2D eigenvalue weighted by molar-refractivity contribution is 6.22. The van der Waals surface area contributed by atoms with E-state index in [-0.39, 0.29) is 35.5 Å². The molecule has 0 saturated carbocycles. The van der Waals surface area contributed by atoms with Crippen molar-refractivity contribution in [3.63, 3.8) is 0 Å². The molecule has 0 aliphatic heterocycles. The highest BCUT2D eigenvalue weighted by atomic mass is 16.3.